The second-order valence-corrected chi connectivity index (χ2v) is 4.91. The van der Waals surface area contributed by atoms with E-state index < -0.39 is 12.0 Å². The largest absolute Gasteiger partial charge is 0.468 e. The molecule has 6 nitrogen and oxygen atoms in total. The summed E-state index contributed by atoms with van der Waals surface area (Å²) in [5.74, 6) is 0.120. The second-order valence-electron chi connectivity index (χ2n) is 4.91. The number of hydrogen-bond donors (Lipinski definition) is 0. The zero-order valence-corrected chi connectivity index (χ0v) is 11.7. The summed E-state index contributed by atoms with van der Waals surface area (Å²) in [6, 6.07) is 9.15. The molecule has 1 saturated heterocycles. The number of fused-ring (bicyclic) bond motifs is 1. The number of esters is 1. The van der Waals surface area contributed by atoms with Gasteiger partial charge in [0.05, 0.1) is 13.7 Å². The number of carbonyl (C=O) groups excluding carboxylic acids is 2. The molecule has 0 spiro atoms. The standard InChI is InChI=1S/C15H16N2O4/c1-20-14(18)10-16-7-8-17-12(15(16)19)9-13(21-17)11-5-3-2-4-6-11/h2-6,9,12H,7-8,10H2,1H3. The first-order chi connectivity index (χ1) is 10.2. The van der Waals surface area contributed by atoms with Gasteiger partial charge in [-0.1, -0.05) is 30.3 Å². The van der Waals surface area contributed by atoms with Crippen molar-refractivity contribution in [2.24, 2.45) is 0 Å². The Labute approximate surface area is 122 Å². The number of carbonyl (C=O) groups is 2. The molecule has 110 valence electrons. The molecule has 1 aromatic rings. The normalized spacial score (nSPS) is 21.6. The molecule has 0 aliphatic carbocycles. The van der Waals surface area contributed by atoms with E-state index in [9.17, 15) is 9.59 Å². The number of piperazine rings is 1. The van der Waals surface area contributed by atoms with Crippen LogP contribution in [0.15, 0.2) is 36.4 Å². The van der Waals surface area contributed by atoms with E-state index in [-0.39, 0.29) is 12.5 Å². The molecule has 6 heteroatoms. The second kappa shape index (κ2) is 5.57. The lowest BCUT2D eigenvalue weighted by molar-refractivity contribution is -0.167. The fourth-order valence-corrected chi connectivity index (χ4v) is 2.46. The van der Waals surface area contributed by atoms with Gasteiger partial charge in [-0.05, 0) is 6.08 Å². The van der Waals surface area contributed by atoms with Crippen molar-refractivity contribution in [3.05, 3.63) is 42.0 Å². The maximum absolute atomic E-state index is 12.4. The van der Waals surface area contributed by atoms with Gasteiger partial charge in [0.25, 0.3) is 0 Å². The van der Waals surface area contributed by atoms with Crippen LogP contribution in [0.25, 0.3) is 5.76 Å². The van der Waals surface area contributed by atoms with Gasteiger partial charge in [0.1, 0.15) is 12.6 Å². The first kappa shape index (κ1) is 13.6. The van der Waals surface area contributed by atoms with Crippen LogP contribution in [-0.4, -0.2) is 54.6 Å². The van der Waals surface area contributed by atoms with Crippen molar-refractivity contribution in [2.75, 3.05) is 26.7 Å². The molecule has 1 aromatic carbocycles. The Morgan fingerprint density at radius 3 is 2.81 bits per heavy atom. The summed E-state index contributed by atoms with van der Waals surface area (Å²) in [7, 11) is 1.31. The van der Waals surface area contributed by atoms with Gasteiger partial charge in [-0.3, -0.25) is 9.59 Å². The Bertz CT molecular complexity index is 585. The van der Waals surface area contributed by atoms with E-state index in [1.807, 2.05) is 30.3 Å². The Morgan fingerprint density at radius 2 is 2.10 bits per heavy atom. The van der Waals surface area contributed by atoms with E-state index in [1.165, 1.54) is 12.0 Å². The topological polar surface area (TPSA) is 59.1 Å². The van der Waals surface area contributed by atoms with E-state index in [0.717, 1.165) is 5.56 Å². The Kier molecular flexibility index (Phi) is 3.62. The maximum atomic E-state index is 12.4. The number of methoxy groups -OCH3 is 1. The van der Waals surface area contributed by atoms with E-state index in [1.54, 1.807) is 11.1 Å². The summed E-state index contributed by atoms with van der Waals surface area (Å²) in [5, 5.41) is 1.65. The number of hydroxylamine groups is 2. The first-order valence-corrected chi connectivity index (χ1v) is 6.76. The third-order valence-corrected chi connectivity index (χ3v) is 3.60. The third-order valence-electron chi connectivity index (χ3n) is 3.60. The summed E-state index contributed by atoms with van der Waals surface area (Å²) in [6.45, 7) is 0.981. The van der Waals surface area contributed by atoms with E-state index in [0.29, 0.717) is 18.8 Å². The number of benzene rings is 1. The number of nitrogens with zero attached hydrogens (tertiary/aromatic N) is 2. The van der Waals surface area contributed by atoms with Crippen molar-refractivity contribution < 1.29 is 19.2 Å². The van der Waals surface area contributed by atoms with Gasteiger partial charge < -0.3 is 14.5 Å². The van der Waals surface area contributed by atoms with Gasteiger partial charge in [0, 0.05) is 12.1 Å². The van der Waals surface area contributed by atoms with Crippen LogP contribution in [0, 0.1) is 0 Å². The van der Waals surface area contributed by atoms with Gasteiger partial charge in [-0.2, -0.15) is 0 Å². The minimum Gasteiger partial charge on any atom is -0.468 e. The van der Waals surface area contributed by atoms with Crippen LogP contribution in [-0.2, 0) is 19.2 Å². The Morgan fingerprint density at radius 1 is 1.33 bits per heavy atom. The average molecular weight is 288 g/mol. The monoisotopic (exact) mass is 288 g/mol. The Hall–Kier alpha value is -2.34. The summed E-state index contributed by atoms with van der Waals surface area (Å²) in [5.41, 5.74) is 0.930. The number of ether oxygens (including phenoxy) is 1. The minimum absolute atomic E-state index is 0.0197. The quantitative estimate of drug-likeness (QED) is 0.765. The minimum atomic E-state index is -0.474. The molecule has 2 aliphatic heterocycles. The Balaban J connectivity index is 1.76. The number of amides is 1. The van der Waals surface area contributed by atoms with Crippen LogP contribution >= 0.6 is 0 Å². The molecule has 0 bridgehead atoms. The number of hydrogen-bond acceptors (Lipinski definition) is 5. The zero-order chi connectivity index (χ0) is 14.8. The van der Waals surface area contributed by atoms with E-state index >= 15 is 0 Å². The molecule has 1 atom stereocenters. The average Bonchev–Trinajstić information content (AvgIpc) is 2.96. The van der Waals surface area contributed by atoms with Gasteiger partial charge >= 0.3 is 5.97 Å². The highest BCUT2D eigenvalue weighted by Gasteiger charge is 2.40. The maximum Gasteiger partial charge on any atom is 0.325 e. The van der Waals surface area contributed by atoms with Crippen LogP contribution < -0.4 is 0 Å². The van der Waals surface area contributed by atoms with E-state index in [2.05, 4.69) is 4.74 Å². The lowest BCUT2D eigenvalue weighted by Gasteiger charge is -2.34. The van der Waals surface area contributed by atoms with Crippen molar-refractivity contribution in [1.82, 2.24) is 9.96 Å². The highest BCUT2D eigenvalue weighted by atomic mass is 16.7. The highest BCUT2D eigenvalue weighted by Crippen LogP contribution is 2.29. The van der Waals surface area contributed by atoms with Crippen LogP contribution in [0.5, 0.6) is 0 Å². The predicted molar refractivity (Wildman–Crippen MR) is 74.6 cm³/mol. The molecule has 0 aromatic heterocycles. The van der Waals surface area contributed by atoms with Crippen molar-refractivity contribution in [3.8, 4) is 0 Å². The first-order valence-electron chi connectivity index (χ1n) is 6.76. The molecular weight excluding hydrogens is 272 g/mol. The van der Waals surface area contributed by atoms with Crippen LogP contribution in [0.2, 0.25) is 0 Å². The van der Waals surface area contributed by atoms with Crippen LogP contribution in [0.4, 0.5) is 0 Å². The summed E-state index contributed by atoms with van der Waals surface area (Å²) in [4.78, 5) is 30.9. The molecule has 2 aliphatic rings. The zero-order valence-electron chi connectivity index (χ0n) is 11.7. The third kappa shape index (κ3) is 2.62. The molecule has 0 N–H and O–H groups in total. The fraction of sp³-hybridized carbons (Fsp3) is 0.333. The SMILES string of the molecule is COC(=O)CN1CCN2OC(c3ccccc3)=CC2C1=O. The van der Waals surface area contributed by atoms with Crippen LogP contribution in [0.1, 0.15) is 5.56 Å². The molecule has 0 saturated carbocycles. The number of rotatable bonds is 3. The molecule has 1 unspecified atom stereocenters. The lowest BCUT2D eigenvalue weighted by atomic mass is 10.1. The van der Waals surface area contributed by atoms with Crippen LogP contribution in [0.3, 0.4) is 0 Å². The van der Waals surface area contributed by atoms with Crippen molar-refractivity contribution in [2.45, 2.75) is 6.04 Å². The van der Waals surface area contributed by atoms with Gasteiger partial charge in [0.15, 0.2) is 5.76 Å². The van der Waals surface area contributed by atoms with Gasteiger partial charge in [0.2, 0.25) is 5.91 Å². The summed E-state index contributed by atoms with van der Waals surface area (Å²) < 4.78 is 4.61. The smallest absolute Gasteiger partial charge is 0.325 e. The summed E-state index contributed by atoms with van der Waals surface area (Å²) in [6.07, 6.45) is 1.79. The molecular formula is C15H16N2O4. The molecule has 3 rings (SSSR count). The lowest BCUT2D eigenvalue weighted by Crippen LogP contribution is -2.55. The molecule has 0 radical (unpaired) electrons. The van der Waals surface area contributed by atoms with Crippen molar-refractivity contribution >= 4 is 17.6 Å². The van der Waals surface area contributed by atoms with Gasteiger partial charge in [-0.25, -0.2) is 0 Å². The van der Waals surface area contributed by atoms with Crippen molar-refractivity contribution in [1.29, 1.82) is 0 Å². The molecule has 2 heterocycles. The molecule has 1 fully saturated rings. The predicted octanol–water partition coefficient (Wildman–Crippen LogP) is 0.658. The van der Waals surface area contributed by atoms with E-state index in [4.69, 9.17) is 4.84 Å². The van der Waals surface area contributed by atoms with Crippen molar-refractivity contribution in [3.63, 3.8) is 0 Å². The summed E-state index contributed by atoms with van der Waals surface area (Å²) >= 11 is 0. The fourth-order valence-electron chi connectivity index (χ4n) is 2.46. The molecule has 21 heavy (non-hydrogen) atoms. The highest BCUT2D eigenvalue weighted by molar-refractivity contribution is 5.89. The molecule has 1 amide bonds. The van der Waals surface area contributed by atoms with Gasteiger partial charge in [-0.15, -0.1) is 5.06 Å².